The maximum Gasteiger partial charge on any atom is 0.137 e. The van der Waals surface area contributed by atoms with Crippen LogP contribution >= 0.6 is 0 Å². The fourth-order valence-corrected chi connectivity index (χ4v) is 10.8. The first-order valence-corrected chi connectivity index (χ1v) is 21.9. The van der Waals surface area contributed by atoms with Crippen molar-refractivity contribution >= 4 is 87.4 Å². The molecule has 10 aromatic carbocycles. The van der Waals surface area contributed by atoms with Crippen molar-refractivity contribution in [3.63, 3.8) is 0 Å². The van der Waals surface area contributed by atoms with E-state index in [2.05, 4.69) is 238 Å². The summed E-state index contributed by atoms with van der Waals surface area (Å²) in [5.41, 5.74) is 16.8. The number of fused-ring (bicyclic) bond motifs is 12. The van der Waals surface area contributed by atoms with Gasteiger partial charge in [-0.2, -0.15) is 0 Å². The summed E-state index contributed by atoms with van der Waals surface area (Å²) in [7, 11) is 0. The van der Waals surface area contributed by atoms with Crippen LogP contribution in [0.25, 0.3) is 127 Å². The molecule has 0 bridgehead atoms. The number of nitrogens with zero attached hydrogens (tertiary/aromatic N) is 3. The van der Waals surface area contributed by atoms with Gasteiger partial charge >= 0.3 is 0 Å². The topological polar surface area (TPSA) is 27.9 Å². The minimum absolute atomic E-state index is 0.862. The minimum Gasteiger partial charge on any atom is -0.456 e. The molecule has 0 spiro atoms. The second-order valence-corrected chi connectivity index (χ2v) is 16.8. The van der Waals surface area contributed by atoms with Gasteiger partial charge in [0.2, 0.25) is 0 Å². The predicted octanol–water partition coefficient (Wildman–Crippen LogP) is 16.2. The Bertz CT molecular complexity index is 4140. The molecule has 0 aliphatic carbocycles. The third-order valence-corrected chi connectivity index (χ3v) is 13.5. The summed E-state index contributed by atoms with van der Waals surface area (Å²) >= 11 is 0. The van der Waals surface area contributed by atoms with Gasteiger partial charge in [0.15, 0.2) is 0 Å². The lowest BCUT2D eigenvalue weighted by Crippen LogP contribution is -2.00. The summed E-state index contributed by atoms with van der Waals surface area (Å²) in [6.07, 6.45) is 0. The average Bonchev–Trinajstić information content (AvgIpc) is 4.10. The van der Waals surface area contributed by atoms with Crippen LogP contribution in [0.15, 0.2) is 229 Å². The molecule has 14 rings (SSSR count). The number of rotatable bonds is 5. The van der Waals surface area contributed by atoms with Gasteiger partial charge in [0.05, 0.1) is 44.2 Å². The second-order valence-electron chi connectivity index (χ2n) is 16.8. The Morgan fingerprint density at radius 2 is 0.750 bits per heavy atom. The molecule has 0 saturated carbocycles. The van der Waals surface area contributed by atoms with E-state index in [0.29, 0.717) is 0 Å². The van der Waals surface area contributed by atoms with Gasteiger partial charge in [-0.3, -0.25) is 0 Å². The highest BCUT2D eigenvalue weighted by atomic mass is 16.3. The molecule has 4 aromatic heterocycles. The molecule has 0 radical (unpaired) electrons. The smallest absolute Gasteiger partial charge is 0.137 e. The van der Waals surface area contributed by atoms with Gasteiger partial charge in [-0.05, 0) is 89.5 Å². The maximum atomic E-state index is 6.66. The van der Waals surface area contributed by atoms with Crippen molar-refractivity contribution in [1.82, 2.24) is 13.7 Å². The second kappa shape index (κ2) is 13.4. The Balaban J connectivity index is 1.06. The van der Waals surface area contributed by atoms with E-state index in [-0.39, 0.29) is 0 Å². The van der Waals surface area contributed by atoms with Crippen molar-refractivity contribution in [3.8, 4) is 39.3 Å². The van der Waals surface area contributed by atoms with Crippen LogP contribution in [0.3, 0.4) is 0 Å². The maximum absolute atomic E-state index is 6.66. The zero-order chi connectivity index (χ0) is 41.9. The molecule has 0 N–H and O–H groups in total. The molecule has 0 aliphatic heterocycles. The minimum atomic E-state index is 0.862. The Morgan fingerprint density at radius 1 is 0.266 bits per heavy atom. The van der Waals surface area contributed by atoms with Crippen LogP contribution in [0.5, 0.6) is 0 Å². The quantitative estimate of drug-likeness (QED) is 0.170. The van der Waals surface area contributed by atoms with E-state index in [1.54, 1.807) is 0 Å². The number of para-hydroxylation sites is 5. The van der Waals surface area contributed by atoms with E-state index in [1.165, 1.54) is 65.6 Å². The highest BCUT2D eigenvalue weighted by Crippen LogP contribution is 2.46. The summed E-state index contributed by atoms with van der Waals surface area (Å²) in [5.74, 6) is 0. The molecule has 0 aliphatic rings. The van der Waals surface area contributed by atoms with Crippen LogP contribution in [0, 0.1) is 0 Å². The summed E-state index contributed by atoms with van der Waals surface area (Å²) in [5, 5.41) is 9.54. The molecule has 64 heavy (non-hydrogen) atoms. The first-order valence-electron chi connectivity index (χ1n) is 21.9. The molecular formula is C60H37N3O. The lowest BCUT2D eigenvalue weighted by atomic mass is 9.92. The Morgan fingerprint density at radius 3 is 1.42 bits per heavy atom. The van der Waals surface area contributed by atoms with Crippen molar-refractivity contribution in [2.24, 2.45) is 0 Å². The molecule has 298 valence electrons. The third-order valence-electron chi connectivity index (χ3n) is 13.5. The normalized spacial score (nSPS) is 12.1. The number of benzene rings is 10. The van der Waals surface area contributed by atoms with Crippen LogP contribution in [-0.2, 0) is 0 Å². The lowest BCUT2D eigenvalue weighted by Gasteiger charge is -2.18. The predicted molar refractivity (Wildman–Crippen MR) is 268 cm³/mol. The van der Waals surface area contributed by atoms with Crippen molar-refractivity contribution in [1.29, 1.82) is 0 Å². The van der Waals surface area contributed by atoms with Gasteiger partial charge in [0, 0.05) is 54.6 Å². The van der Waals surface area contributed by atoms with Crippen LogP contribution in [0.2, 0.25) is 0 Å². The van der Waals surface area contributed by atoms with Gasteiger partial charge < -0.3 is 18.1 Å². The first-order chi connectivity index (χ1) is 31.8. The van der Waals surface area contributed by atoms with E-state index >= 15 is 0 Å². The Kier molecular flexibility index (Phi) is 7.36. The van der Waals surface area contributed by atoms with Crippen LogP contribution < -0.4 is 0 Å². The number of hydrogen-bond donors (Lipinski definition) is 0. The van der Waals surface area contributed by atoms with E-state index in [9.17, 15) is 0 Å². The first kappa shape index (κ1) is 35.0. The highest BCUT2D eigenvalue weighted by Gasteiger charge is 2.24. The zero-order valence-corrected chi connectivity index (χ0v) is 34.6. The van der Waals surface area contributed by atoms with Gasteiger partial charge in [-0.25, -0.2) is 0 Å². The number of aromatic nitrogens is 3. The van der Waals surface area contributed by atoms with Crippen LogP contribution in [-0.4, -0.2) is 13.7 Å². The Hall–Kier alpha value is -8.60. The summed E-state index contributed by atoms with van der Waals surface area (Å²) in [4.78, 5) is 0. The average molecular weight is 816 g/mol. The molecule has 0 unspecified atom stereocenters. The summed E-state index contributed by atoms with van der Waals surface area (Å²) in [6.45, 7) is 0. The number of hydrogen-bond acceptors (Lipinski definition) is 1. The SMILES string of the molecule is c1ccc(-c2ccccc2-c2ccc3oc4ccccc4c3c2-n2c3ccccc3c3ccc(-n4c5ccccc5c5cc(-n6c7ccccc7c7ccccc76)ccc54)cc32)cc1. The monoisotopic (exact) mass is 815 g/mol. The fourth-order valence-electron chi connectivity index (χ4n) is 10.8. The van der Waals surface area contributed by atoms with E-state index in [0.717, 1.165) is 61.1 Å². The third kappa shape index (κ3) is 4.93. The van der Waals surface area contributed by atoms with Crippen molar-refractivity contribution < 1.29 is 4.42 Å². The molecule has 4 nitrogen and oxygen atoms in total. The largest absolute Gasteiger partial charge is 0.456 e. The van der Waals surface area contributed by atoms with Gasteiger partial charge in [0.25, 0.3) is 0 Å². The van der Waals surface area contributed by atoms with Crippen molar-refractivity contribution in [2.45, 2.75) is 0 Å². The van der Waals surface area contributed by atoms with Crippen molar-refractivity contribution in [2.75, 3.05) is 0 Å². The molecule has 0 amide bonds. The standard InChI is InChI=1S/C60H37N3O/c1-2-16-38(17-3-1)41-18-4-5-19-42(41)48-33-35-58-59(49-24-10-15-29-57(49)64-58)60(48)63-54-28-14-8-22-45(54)47-32-30-40(37-56(47)63)62-53-27-13-9-23-46(53)50-36-39(31-34-55(50)62)61-51-25-11-6-20-43(51)44-21-7-12-26-52(44)61/h1-37H. The summed E-state index contributed by atoms with van der Waals surface area (Å²) in [6, 6.07) is 81.5. The molecular weight excluding hydrogens is 779 g/mol. The van der Waals surface area contributed by atoms with Crippen molar-refractivity contribution in [3.05, 3.63) is 224 Å². The van der Waals surface area contributed by atoms with Crippen LogP contribution in [0.1, 0.15) is 0 Å². The van der Waals surface area contributed by atoms with Crippen LogP contribution in [0.4, 0.5) is 0 Å². The molecule has 4 heteroatoms. The molecule has 0 fully saturated rings. The van der Waals surface area contributed by atoms with E-state index in [4.69, 9.17) is 4.42 Å². The summed E-state index contributed by atoms with van der Waals surface area (Å²) < 4.78 is 14.0. The molecule has 4 heterocycles. The van der Waals surface area contributed by atoms with E-state index < -0.39 is 0 Å². The van der Waals surface area contributed by atoms with Gasteiger partial charge in [-0.1, -0.05) is 152 Å². The van der Waals surface area contributed by atoms with E-state index in [1.807, 2.05) is 0 Å². The van der Waals surface area contributed by atoms with Gasteiger partial charge in [-0.15, -0.1) is 0 Å². The fraction of sp³-hybridized carbons (Fsp3) is 0. The molecule has 14 aromatic rings. The molecule has 0 atom stereocenters. The van der Waals surface area contributed by atoms with Gasteiger partial charge in [0.1, 0.15) is 11.2 Å². The highest BCUT2D eigenvalue weighted by molar-refractivity contribution is 6.18. The Labute approximate surface area is 367 Å². The zero-order valence-electron chi connectivity index (χ0n) is 34.6. The lowest BCUT2D eigenvalue weighted by molar-refractivity contribution is 0.669. The number of furan rings is 1. The molecule has 0 saturated heterocycles.